The minimum Gasteiger partial charge on any atom is -0.381 e. The van der Waals surface area contributed by atoms with Gasteiger partial charge in [-0.25, -0.2) is 14.8 Å². The van der Waals surface area contributed by atoms with E-state index in [4.69, 9.17) is 31.1 Å². The number of hydroxylamine groups is 1. The van der Waals surface area contributed by atoms with Crippen LogP contribution < -0.4 is 10.8 Å². The predicted octanol–water partition coefficient (Wildman–Crippen LogP) is 5.36. The fourth-order valence-corrected chi connectivity index (χ4v) is 5.38. The molecular formula is C26H33ClN6O3. The first-order chi connectivity index (χ1) is 17.4. The first-order valence-electron chi connectivity index (χ1n) is 12.8. The second kappa shape index (κ2) is 10.7. The van der Waals surface area contributed by atoms with Gasteiger partial charge in [0.25, 0.3) is 0 Å². The summed E-state index contributed by atoms with van der Waals surface area (Å²) in [5.74, 6) is 2.44. The number of fused-ring (bicyclic) bond motifs is 1. The molecule has 2 fully saturated rings. The van der Waals surface area contributed by atoms with E-state index in [9.17, 15) is 4.79 Å². The van der Waals surface area contributed by atoms with Crippen molar-refractivity contribution in [2.24, 2.45) is 11.8 Å². The van der Waals surface area contributed by atoms with Crippen LogP contribution in [-0.2, 0) is 16.1 Å². The van der Waals surface area contributed by atoms with Crippen LogP contribution in [0.1, 0.15) is 70.1 Å². The Kier molecular flexibility index (Phi) is 7.41. The Balaban J connectivity index is 1.67. The molecule has 1 aliphatic heterocycles. The molecule has 2 atom stereocenters. The van der Waals surface area contributed by atoms with Crippen molar-refractivity contribution in [2.75, 3.05) is 13.2 Å². The van der Waals surface area contributed by atoms with Crippen LogP contribution in [-0.4, -0.2) is 38.8 Å². The third-order valence-electron chi connectivity index (χ3n) is 7.17. The van der Waals surface area contributed by atoms with Crippen molar-refractivity contribution in [3.63, 3.8) is 0 Å². The smallest absolute Gasteiger partial charge is 0.381 e. The quantitative estimate of drug-likeness (QED) is 0.419. The van der Waals surface area contributed by atoms with E-state index in [1.54, 1.807) is 12.4 Å². The lowest BCUT2D eigenvalue weighted by Crippen LogP contribution is -2.23. The lowest BCUT2D eigenvalue weighted by atomic mass is 9.83. The Labute approximate surface area is 215 Å². The lowest BCUT2D eigenvalue weighted by molar-refractivity contribution is 0.121. The topological polar surface area (TPSA) is 103 Å². The van der Waals surface area contributed by atoms with Crippen LogP contribution in [0.3, 0.4) is 0 Å². The van der Waals surface area contributed by atoms with Gasteiger partial charge < -0.3 is 14.1 Å². The van der Waals surface area contributed by atoms with Gasteiger partial charge in [-0.15, -0.1) is 5.48 Å². The van der Waals surface area contributed by atoms with Gasteiger partial charge in [-0.2, -0.15) is 0 Å². The summed E-state index contributed by atoms with van der Waals surface area (Å²) in [4.78, 5) is 31.0. The number of hydrogen-bond donors (Lipinski definition) is 2. The van der Waals surface area contributed by atoms with Gasteiger partial charge >= 0.3 is 6.09 Å². The summed E-state index contributed by atoms with van der Waals surface area (Å²) in [5, 5.41) is 3.26. The largest absolute Gasteiger partial charge is 0.427 e. The van der Waals surface area contributed by atoms with Crippen LogP contribution >= 0.6 is 11.6 Å². The van der Waals surface area contributed by atoms with Crippen LogP contribution in [0.15, 0.2) is 24.5 Å². The van der Waals surface area contributed by atoms with Crippen molar-refractivity contribution in [1.29, 1.82) is 0 Å². The highest BCUT2D eigenvalue weighted by molar-refractivity contribution is 6.30. The Morgan fingerprint density at radius 3 is 2.72 bits per heavy atom. The highest BCUT2D eigenvalue weighted by Gasteiger charge is 2.29. The summed E-state index contributed by atoms with van der Waals surface area (Å²) in [5.41, 5.74) is 6.58. The van der Waals surface area contributed by atoms with Gasteiger partial charge in [0.1, 0.15) is 5.82 Å². The zero-order valence-electron chi connectivity index (χ0n) is 21.0. The third kappa shape index (κ3) is 5.19. The first kappa shape index (κ1) is 24.9. The SMILES string of the molecule is CCOCC(C)c1nc2cc(C3NOC(=O)N3)nc(-c3cncc(Cl)c3)c2n1CC1CCC(C)CC1. The number of nitrogens with one attached hydrogen (secondary N) is 2. The van der Waals surface area contributed by atoms with Gasteiger partial charge in [0, 0.05) is 37.0 Å². The van der Waals surface area contributed by atoms with Crippen molar-refractivity contribution in [3.8, 4) is 11.3 Å². The number of ether oxygens (including phenoxy) is 1. The molecule has 2 unspecified atom stereocenters. The second-order valence-electron chi connectivity index (χ2n) is 10.0. The number of aromatic nitrogens is 4. The summed E-state index contributed by atoms with van der Waals surface area (Å²) in [7, 11) is 0. The number of carbonyl (C=O) groups is 1. The molecule has 2 N–H and O–H groups in total. The van der Waals surface area contributed by atoms with E-state index in [2.05, 4.69) is 34.2 Å². The average molecular weight is 513 g/mol. The Bertz CT molecular complexity index is 1240. The molecule has 10 heteroatoms. The first-order valence-corrected chi connectivity index (χ1v) is 13.1. The van der Waals surface area contributed by atoms with Crippen molar-refractivity contribution in [3.05, 3.63) is 41.1 Å². The highest BCUT2D eigenvalue weighted by Crippen LogP contribution is 2.36. The fraction of sp³-hybridized carbons (Fsp3) is 0.538. The normalized spacial score (nSPS) is 23.0. The van der Waals surface area contributed by atoms with E-state index in [-0.39, 0.29) is 5.92 Å². The molecule has 0 bridgehead atoms. The van der Waals surface area contributed by atoms with Crippen molar-refractivity contribution in [2.45, 2.75) is 65.1 Å². The lowest BCUT2D eigenvalue weighted by Gasteiger charge is -2.28. The molecule has 192 valence electrons. The van der Waals surface area contributed by atoms with E-state index in [1.807, 2.05) is 19.1 Å². The molecule has 9 nitrogen and oxygen atoms in total. The van der Waals surface area contributed by atoms with Crippen LogP contribution in [0, 0.1) is 11.8 Å². The molecule has 0 aromatic carbocycles. The molecule has 0 spiro atoms. The predicted molar refractivity (Wildman–Crippen MR) is 137 cm³/mol. The van der Waals surface area contributed by atoms with Gasteiger partial charge in [0.2, 0.25) is 0 Å². The van der Waals surface area contributed by atoms with E-state index in [0.717, 1.165) is 40.6 Å². The van der Waals surface area contributed by atoms with Gasteiger partial charge in [-0.1, -0.05) is 38.3 Å². The molecule has 3 aromatic rings. The number of halogens is 1. The summed E-state index contributed by atoms with van der Waals surface area (Å²) in [6.45, 7) is 8.61. The minimum absolute atomic E-state index is 0.0984. The number of hydrogen-bond acceptors (Lipinski definition) is 7. The maximum absolute atomic E-state index is 11.7. The molecule has 1 amide bonds. The van der Waals surface area contributed by atoms with Crippen LogP contribution in [0.4, 0.5) is 4.79 Å². The summed E-state index contributed by atoms with van der Waals surface area (Å²) >= 11 is 6.34. The van der Waals surface area contributed by atoms with Gasteiger partial charge in [0.05, 0.1) is 34.1 Å². The molecular weight excluding hydrogens is 480 g/mol. The van der Waals surface area contributed by atoms with Crippen LogP contribution in [0.5, 0.6) is 0 Å². The molecule has 2 aliphatic rings. The summed E-state index contributed by atoms with van der Waals surface area (Å²) < 4.78 is 8.12. The number of nitrogens with zero attached hydrogens (tertiary/aromatic N) is 4. The highest BCUT2D eigenvalue weighted by atomic mass is 35.5. The van der Waals surface area contributed by atoms with Crippen LogP contribution in [0.25, 0.3) is 22.3 Å². The monoisotopic (exact) mass is 512 g/mol. The molecule has 4 heterocycles. The average Bonchev–Trinajstić information content (AvgIpc) is 3.47. The molecule has 0 radical (unpaired) electrons. The molecule has 1 aliphatic carbocycles. The number of pyridine rings is 2. The van der Waals surface area contributed by atoms with Gasteiger partial charge in [0.15, 0.2) is 6.17 Å². The van der Waals surface area contributed by atoms with Crippen molar-refractivity contribution < 1.29 is 14.4 Å². The summed E-state index contributed by atoms with van der Waals surface area (Å²) in [6, 6.07) is 3.78. The maximum Gasteiger partial charge on any atom is 0.427 e. The number of amides is 1. The second-order valence-corrected chi connectivity index (χ2v) is 10.4. The number of rotatable bonds is 8. The Morgan fingerprint density at radius 2 is 2.03 bits per heavy atom. The van der Waals surface area contributed by atoms with Crippen molar-refractivity contribution >= 4 is 28.7 Å². The molecule has 1 saturated heterocycles. The van der Waals surface area contributed by atoms with E-state index >= 15 is 0 Å². The Hall–Kier alpha value is -2.75. The molecule has 36 heavy (non-hydrogen) atoms. The third-order valence-corrected chi connectivity index (χ3v) is 7.38. The number of carbonyl (C=O) groups excluding carboxylic acids is 1. The fourth-order valence-electron chi connectivity index (χ4n) is 5.21. The van der Waals surface area contributed by atoms with E-state index in [0.29, 0.717) is 29.8 Å². The molecule has 5 rings (SSSR count). The maximum atomic E-state index is 11.7. The van der Waals surface area contributed by atoms with Crippen LogP contribution in [0.2, 0.25) is 5.02 Å². The molecule has 1 saturated carbocycles. The standard InChI is InChI=1S/C26H33ClN6O3/c1-4-35-14-16(3)25-30-20-10-21(24-31-26(34)36-32-24)29-22(18-9-19(27)12-28-11-18)23(20)33(25)13-17-7-5-15(2)6-8-17/h9-12,15-17,24,32H,4-8,13-14H2,1-3H3,(H,31,34). The summed E-state index contributed by atoms with van der Waals surface area (Å²) in [6.07, 6.45) is 7.15. The zero-order valence-corrected chi connectivity index (χ0v) is 21.7. The molecule has 3 aromatic heterocycles. The Morgan fingerprint density at radius 1 is 1.22 bits per heavy atom. The van der Waals surface area contributed by atoms with Gasteiger partial charge in [-0.05, 0) is 43.7 Å². The van der Waals surface area contributed by atoms with Crippen molar-refractivity contribution in [1.82, 2.24) is 30.3 Å². The minimum atomic E-state index is -0.581. The zero-order chi connectivity index (χ0) is 25.2. The van der Waals surface area contributed by atoms with E-state index < -0.39 is 12.3 Å². The van der Waals surface area contributed by atoms with E-state index in [1.165, 1.54) is 25.7 Å². The number of imidazole rings is 1. The van der Waals surface area contributed by atoms with Gasteiger partial charge in [-0.3, -0.25) is 10.3 Å².